The van der Waals surface area contributed by atoms with Crippen molar-refractivity contribution < 1.29 is 23.1 Å². The number of hydrogen-bond donors (Lipinski definition) is 1. The van der Waals surface area contributed by atoms with Crippen LogP contribution in [0.4, 0.5) is 19.0 Å². The van der Waals surface area contributed by atoms with E-state index in [1.165, 1.54) is 57.3 Å². The van der Waals surface area contributed by atoms with Gasteiger partial charge in [0.15, 0.2) is 0 Å². The molecule has 0 amide bonds. The summed E-state index contributed by atoms with van der Waals surface area (Å²) in [5, 5.41) is 7.96. The van der Waals surface area contributed by atoms with Gasteiger partial charge in [-0.15, -0.1) is 0 Å². The summed E-state index contributed by atoms with van der Waals surface area (Å²) in [5.41, 5.74) is 1.41. The van der Waals surface area contributed by atoms with Crippen molar-refractivity contribution in [3.63, 3.8) is 0 Å². The van der Waals surface area contributed by atoms with Crippen LogP contribution in [0.3, 0.4) is 0 Å². The van der Waals surface area contributed by atoms with E-state index in [1.807, 2.05) is 24.4 Å². The molecule has 1 N–H and O–H groups in total. The number of pyridine rings is 1. The molecule has 1 aromatic carbocycles. The molecule has 3 aliphatic rings. The third kappa shape index (κ3) is 7.58. The Hall–Kier alpha value is -2.36. The first-order chi connectivity index (χ1) is 17.7. The Morgan fingerprint density at radius 2 is 1.68 bits per heavy atom. The number of hydrogen-bond acceptors (Lipinski definition) is 5. The number of fused-ring (bicyclic) bond motifs is 1. The van der Waals surface area contributed by atoms with Crippen molar-refractivity contribution >= 4 is 23.4 Å². The number of piperidine rings is 2. The van der Waals surface area contributed by atoms with Crippen LogP contribution in [0.5, 0.6) is 0 Å². The highest BCUT2D eigenvalue weighted by Gasteiger charge is 2.39. The molecule has 0 aliphatic carbocycles. The predicted molar refractivity (Wildman–Crippen MR) is 138 cm³/mol. The predicted octanol–water partition coefficient (Wildman–Crippen LogP) is 5.12. The van der Waals surface area contributed by atoms with Crippen molar-refractivity contribution in [2.24, 2.45) is 0 Å². The van der Waals surface area contributed by atoms with Crippen LogP contribution < -0.4 is 4.90 Å². The molecule has 3 aliphatic heterocycles. The summed E-state index contributed by atoms with van der Waals surface area (Å²) < 4.78 is 31.7. The first-order valence-electron chi connectivity index (χ1n) is 12.9. The number of carbonyl (C=O) groups is 1. The van der Waals surface area contributed by atoms with E-state index in [9.17, 15) is 13.2 Å². The summed E-state index contributed by atoms with van der Waals surface area (Å²) in [7, 11) is 0. The van der Waals surface area contributed by atoms with Gasteiger partial charge in [0.2, 0.25) is 0 Å². The number of carboxylic acid groups (broad SMARTS) is 1. The topological polar surface area (TPSA) is 59.9 Å². The van der Waals surface area contributed by atoms with Crippen molar-refractivity contribution in [2.45, 2.75) is 62.8 Å². The van der Waals surface area contributed by atoms with E-state index < -0.39 is 12.1 Å². The van der Waals surface area contributed by atoms with Crippen molar-refractivity contribution in [3.8, 4) is 0 Å². The van der Waals surface area contributed by atoms with Crippen LogP contribution in [0.15, 0.2) is 48.7 Å². The zero-order chi connectivity index (χ0) is 26.4. The van der Waals surface area contributed by atoms with Gasteiger partial charge in [-0.1, -0.05) is 36.2 Å². The minimum atomic E-state index is -5.08. The minimum absolute atomic E-state index is 0.604. The van der Waals surface area contributed by atoms with Gasteiger partial charge in [-0.3, -0.25) is 9.80 Å². The molecule has 37 heavy (non-hydrogen) atoms. The number of halogens is 4. The molecule has 202 valence electrons. The third-order valence-corrected chi connectivity index (χ3v) is 7.87. The van der Waals surface area contributed by atoms with Crippen molar-refractivity contribution in [3.05, 3.63) is 59.2 Å². The molecular formula is C27H34ClF3N4O2. The SMILES string of the molecule is Clc1ccc(C[C@H]2CN3CCCC[C@H]3CN2C2CCN(c3ccccn3)CC2)cc1.O=C(O)C(F)(F)F. The van der Waals surface area contributed by atoms with Gasteiger partial charge in [0.25, 0.3) is 0 Å². The third-order valence-electron chi connectivity index (χ3n) is 7.62. The fourth-order valence-corrected chi connectivity index (χ4v) is 5.89. The van der Waals surface area contributed by atoms with Crippen LogP contribution in [0.25, 0.3) is 0 Å². The Labute approximate surface area is 221 Å². The average molecular weight is 539 g/mol. The standard InChI is InChI=1S/C25H33ClN4.C2HF3O2/c26-21-9-7-20(8-10-21)17-24-18-29-14-4-2-5-23(29)19-30(24)22-11-15-28(16-12-22)25-6-1-3-13-27-25;3-2(4,5)1(6)7/h1,3,6-10,13,22-24H,2,4-5,11-12,14-19H2;(H,6,7)/t23-,24-;/m0./s1. The second kappa shape index (κ2) is 12.5. The molecule has 5 rings (SSSR count). The second-order valence-corrected chi connectivity index (χ2v) is 10.5. The number of alkyl halides is 3. The molecule has 0 bridgehead atoms. The maximum absolute atomic E-state index is 10.6. The fourth-order valence-electron chi connectivity index (χ4n) is 5.76. The highest BCUT2D eigenvalue weighted by atomic mass is 35.5. The molecular weight excluding hydrogens is 505 g/mol. The number of carboxylic acids is 1. The molecule has 2 aromatic rings. The van der Waals surface area contributed by atoms with Crippen LogP contribution in [0.1, 0.15) is 37.7 Å². The molecule has 2 atom stereocenters. The summed E-state index contributed by atoms with van der Waals surface area (Å²) in [6, 6.07) is 16.8. The Morgan fingerprint density at radius 1 is 0.973 bits per heavy atom. The molecule has 0 unspecified atom stereocenters. The lowest BCUT2D eigenvalue weighted by Gasteiger charge is -2.52. The molecule has 0 spiro atoms. The van der Waals surface area contributed by atoms with Gasteiger partial charge in [0.1, 0.15) is 5.82 Å². The highest BCUT2D eigenvalue weighted by molar-refractivity contribution is 6.30. The number of aromatic nitrogens is 1. The van der Waals surface area contributed by atoms with Gasteiger partial charge in [-0.25, -0.2) is 9.78 Å². The van der Waals surface area contributed by atoms with Crippen LogP contribution in [0.2, 0.25) is 5.02 Å². The molecule has 3 saturated heterocycles. The molecule has 0 saturated carbocycles. The largest absolute Gasteiger partial charge is 0.490 e. The quantitative estimate of drug-likeness (QED) is 0.583. The number of aliphatic carboxylic acids is 1. The molecule has 4 heterocycles. The Morgan fingerprint density at radius 3 is 2.30 bits per heavy atom. The summed E-state index contributed by atoms with van der Waals surface area (Å²) in [5.74, 6) is -1.63. The zero-order valence-electron chi connectivity index (χ0n) is 20.8. The Balaban J connectivity index is 0.000000405. The maximum Gasteiger partial charge on any atom is 0.490 e. The van der Waals surface area contributed by atoms with Crippen LogP contribution in [-0.4, -0.2) is 82.9 Å². The van der Waals surface area contributed by atoms with E-state index >= 15 is 0 Å². The van der Waals surface area contributed by atoms with Gasteiger partial charge < -0.3 is 10.0 Å². The van der Waals surface area contributed by atoms with Gasteiger partial charge >= 0.3 is 12.1 Å². The van der Waals surface area contributed by atoms with E-state index in [4.69, 9.17) is 21.5 Å². The van der Waals surface area contributed by atoms with Gasteiger partial charge in [0.05, 0.1) is 0 Å². The highest BCUT2D eigenvalue weighted by Crippen LogP contribution is 2.31. The summed E-state index contributed by atoms with van der Waals surface area (Å²) in [4.78, 5) is 21.6. The number of rotatable bonds is 4. The lowest BCUT2D eigenvalue weighted by Crippen LogP contribution is -2.63. The average Bonchev–Trinajstić information content (AvgIpc) is 2.90. The zero-order valence-corrected chi connectivity index (χ0v) is 21.5. The first kappa shape index (κ1) is 27.7. The van der Waals surface area contributed by atoms with E-state index in [-0.39, 0.29) is 0 Å². The van der Waals surface area contributed by atoms with Gasteiger partial charge in [-0.2, -0.15) is 13.2 Å². The number of nitrogens with zero attached hydrogens (tertiary/aromatic N) is 4. The van der Waals surface area contributed by atoms with E-state index in [2.05, 4.69) is 43.9 Å². The number of anilines is 1. The van der Waals surface area contributed by atoms with Crippen molar-refractivity contribution in [2.75, 3.05) is 37.6 Å². The molecule has 10 heteroatoms. The Bertz CT molecular complexity index is 1000. The Kier molecular flexibility index (Phi) is 9.31. The van der Waals surface area contributed by atoms with Crippen molar-refractivity contribution in [1.82, 2.24) is 14.8 Å². The minimum Gasteiger partial charge on any atom is -0.475 e. The molecule has 6 nitrogen and oxygen atoms in total. The fraction of sp³-hybridized carbons (Fsp3) is 0.556. The van der Waals surface area contributed by atoms with Crippen LogP contribution >= 0.6 is 11.6 Å². The molecule has 0 radical (unpaired) electrons. The smallest absolute Gasteiger partial charge is 0.475 e. The normalized spacial score (nSPS) is 23.6. The van der Waals surface area contributed by atoms with E-state index in [0.29, 0.717) is 12.1 Å². The van der Waals surface area contributed by atoms with Gasteiger partial charge in [0, 0.05) is 55.5 Å². The second-order valence-electron chi connectivity index (χ2n) is 10.0. The van der Waals surface area contributed by atoms with Crippen molar-refractivity contribution in [1.29, 1.82) is 0 Å². The van der Waals surface area contributed by atoms with E-state index in [0.717, 1.165) is 36.4 Å². The molecule has 3 fully saturated rings. The number of benzene rings is 1. The van der Waals surface area contributed by atoms with Gasteiger partial charge in [-0.05, 0) is 68.5 Å². The van der Waals surface area contributed by atoms with Crippen LogP contribution in [0, 0.1) is 0 Å². The maximum atomic E-state index is 10.6. The molecule has 1 aromatic heterocycles. The lowest BCUT2D eigenvalue weighted by atomic mass is 9.90. The lowest BCUT2D eigenvalue weighted by molar-refractivity contribution is -0.192. The monoisotopic (exact) mass is 538 g/mol. The van der Waals surface area contributed by atoms with E-state index in [1.54, 1.807) is 0 Å². The number of piperazine rings is 1. The summed E-state index contributed by atoms with van der Waals surface area (Å²) >= 11 is 6.13. The van der Waals surface area contributed by atoms with Crippen LogP contribution in [-0.2, 0) is 11.2 Å². The summed E-state index contributed by atoms with van der Waals surface area (Å²) in [6.45, 7) is 5.97. The summed E-state index contributed by atoms with van der Waals surface area (Å²) in [6.07, 6.45) is 4.56. The first-order valence-corrected chi connectivity index (χ1v) is 13.3.